The Kier molecular flexibility index (Phi) is 3.76. The van der Waals surface area contributed by atoms with E-state index in [9.17, 15) is 4.39 Å². The van der Waals surface area contributed by atoms with Crippen LogP contribution in [-0.4, -0.2) is 0 Å². The van der Waals surface area contributed by atoms with Crippen LogP contribution in [0.3, 0.4) is 0 Å². The Morgan fingerprint density at radius 1 is 1.00 bits per heavy atom. The lowest BCUT2D eigenvalue weighted by Gasteiger charge is -2.18. The average Bonchev–Trinajstić information content (AvgIpc) is 2.38. The Bertz CT molecular complexity index is 450. The van der Waals surface area contributed by atoms with E-state index in [2.05, 4.69) is 12.2 Å². The highest BCUT2D eigenvalue weighted by atomic mass is 19.1. The van der Waals surface area contributed by atoms with Crippen molar-refractivity contribution in [3.8, 4) is 0 Å². The lowest BCUT2D eigenvalue weighted by atomic mass is 10.0. The SMILES string of the molecule is CC[C@H](Nc1ccccc1)c1ccc(F)cc1. The molecule has 0 saturated carbocycles. The molecule has 0 spiro atoms. The van der Waals surface area contributed by atoms with Crippen LogP contribution < -0.4 is 5.32 Å². The number of hydrogen-bond acceptors (Lipinski definition) is 1. The van der Waals surface area contributed by atoms with Gasteiger partial charge in [-0.1, -0.05) is 37.3 Å². The second-order valence-electron chi connectivity index (χ2n) is 4.02. The molecule has 0 heterocycles. The van der Waals surface area contributed by atoms with E-state index in [-0.39, 0.29) is 11.9 Å². The van der Waals surface area contributed by atoms with Gasteiger partial charge in [0.25, 0.3) is 0 Å². The smallest absolute Gasteiger partial charge is 0.123 e. The van der Waals surface area contributed by atoms with Gasteiger partial charge in [-0.25, -0.2) is 4.39 Å². The molecule has 88 valence electrons. The minimum atomic E-state index is -0.191. The molecule has 0 radical (unpaired) electrons. The van der Waals surface area contributed by atoms with Gasteiger partial charge in [-0.15, -0.1) is 0 Å². The Labute approximate surface area is 101 Å². The quantitative estimate of drug-likeness (QED) is 0.819. The summed E-state index contributed by atoms with van der Waals surface area (Å²) in [6, 6.07) is 17.0. The molecule has 0 aliphatic carbocycles. The van der Waals surface area contributed by atoms with Crippen LogP contribution in [-0.2, 0) is 0 Å². The van der Waals surface area contributed by atoms with Gasteiger partial charge >= 0.3 is 0 Å². The molecule has 2 aromatic carbocycles. The summed E-state index contributed by atoms with van der Waals surface area (Å²) < 4.78 is 12.9. The molecule has 0 bridgehead atoms. The maximum atomic E-state index is 12.9. The van der Waals surface area contributed by atoms with E-state index in [1.165, 1.54) is 12.1 Å². The number of nitrogens with one attached hydrogen (secondary N) is 1. The Morgan fingerprint density at radius 2 is 1.65 bits per heavy atom. The van der Waals surface area contributed by atoms with Gasteiger partial charge in [0.05, 0.1) is 6.04 Å². The van der Waals surface area contributed by atoms with Gasteiger partial charge in [0.15, 0.2) is 0 Å². The van der Waals surface area contributed by atoms with Gasteiger partial charge in [-0.2, -0.15) is 0 Å². The van der Waals surface area contributed by atoms with Gasteiger partial charge in [0, 0.05) is 5.69 Å². The predicted molar refractivity (Wildman–Crippen MR) is 69.5 cm³/mol. The molecule has 1 N–H and O–H groups in total. The molecular weight excluding hydrogens is 213 g/mol. The molecule has 1 atom stereocenters. The van der Waals surface area contributed by atoms with Crippen molar-refractivity contribution >= 4 is 5.69 Å². The van der Waals surface area contributed by atoms with Crippen molar-refractivity contribution < 1.29 is 4.39 Å². The van der Waals surface area contributed by atoms with Crippen LogP contribution >= 0.6 is 0 Å². The zero-order valence-corrected chi connectivity index (χ0v) is 9.86. The molecule has 2 aromatic rings. The topological polar surface area (TPSA) is 12.0 Å². The molecule has 0 fully saturated rings. The van der Waals surface area contributed by atoms with Crippen LogP contribution in [0.5, 0.6) is 0 Å². The summed E-state index contributed by atoms with van der Waals surface area (Å²) >= 11 is 0. The van der Waals surface area contributed by atoms with Gasteiger partial charge in [0.1, 0.15) is 5.82 Å². The molecule has 1 nitrogen and oxygen atoms in total. The molecule has 0 amide bonds. The summed E-state index contributed by atoms with van der Waals surface area (Å²) in [6.07, 6.45) is 0.959. The Balaban J connectivity index is 2.14. The van der Waals surface area contributed by atoms with E-state index in [1.807, 2.05) is 42.5 Å². The maximum absolute atomic E-state index is 12.9. The molecule has 0 aliphatic rings. The van der Waals surface area contributed by atoms with Crippen LogP contribution in [0.25, 0.3) is 0 Å². The third kappa shape index (κ3) is 3.06. The number of rotatable bonds is 4. The predicted octanol–water partition coefficient (Wildman–Crippen LogP) is 4.39. The lowest BCUT2D eigenvalue weighted by Crippen LogP contribution is -2.09. The van der Waals surface area contributed by atoms with Crippen LogP contribution in [0.1, 0.15) is 24.9 Å². The fourth-order valence-corrected chi connectivity index (χ4v) is 1.85. The van der Waals surface area contributed by atoms with Crippen molar-refractivity contribution in [3.05, 3.63) is 66.0 Å². The van der Waals surface area contributed by atoms with E-state index in [1.54, 1.807) is 0 Å². The van der Waals surface area contributed by atoms with Crippen molar-refractivity contribution in [2.24, 2.45) is 0 Å². The summed E-state index contributed by atoms with van der Waals surface area (Å²) in [6.45, 7) is 2.12. The van der Waals surface area contributed by atoms with E-state index in [0.717, 1.165) is 17.7 Å². The largest absolute Gasteiger partial charge is 0.378 e. The summed E-state index contributed by atoms with van der Waals surface area (Å²) in [5.41, 5.74) is 2.20. The number of benzene rings is 2. The number of anilines is 1. The summed E-state index contributed by atoms with van der Waals surface area (Å²) in [5, 5.41) is 3.44. The van der Waals surface area contributed by atoms with Crippen LogP contribution in [0.15, 0.2) is 54.6 Å². The van der Waals surface area contributed by atoms with Crippen molar-refractivity contribution in [3.63, 3.8) is 0 Å². The molecule has 0 aliphatic heterocycles. The minimum absolute atomic E-state index is 0.191. The Hall–Kier alpha value is -1.83. The van der Waals surface area contributed by atoms with E-state index < -0.39 is 0 Å². The Morgan fingerprint density at radius 3 is 2.24 bits per heavy atom. The van der Waals surface area contributed by atoms with E-state index >= 15 is 0 Å². The van der Waals surface area contributed by atoms with Gasteiger partial charge in [-0.05, 0) is 36.2 Å². The highest BCUT2D eigenvalue weighted by molar-refractivity contribution is 5.45. The van der Waals surface area contributed by atoms with E-state index in [0.29, 0.717) is 0 Å². The van der Waals surface area contributed by atoms with E-state index in [4.69, 9.17) is 0 Å². The first-order valence-electron chi connectivity index (χ1n) is 5.86. The zero-order chi connectivity index (χ0) is 12.1. The second kappa shape index (κ2) is 5.48. The summed E-state index contributed by atoms with van der Waals surface area (Å²) in [7, 11) is 0. The first-order valence-corrected chi connectivity index (χ1v) is 5.86. The average molecular weight is 229 g/mol. The molecule has 0 saturated heterocycles. The molecule has 2 heteroatoms. The fourth-order valence-electron chi connectivity index (χ4n) is 1.85. The second-order valence-corrected chi connectivity index (χ2v) is 4.02. The first kappa shape index (κ1) is 11.6. The molecule has 0 unspecified atom stereocenters. The number of halogens is 1. The van der Waals surface area contributed by atoms with Crippen LogP contribution in [0, 0.1) is 5.82 Å². The number of para-hydroxylation sites is 1. The van der Waals surface area contributed by atoms with Crippen LogP contribution in [0.2, 0.25) is 0 Å². The molecule has 17 heavy (non-hydrogen) atoms. The number of hydrogen-bond donors (Lipinski definition) is 1. The lowest BCUT2D eigenvalue weighted by molar-refractivity contribution is 0.625. The third-order valence-electron chi connectivity index (χ3n) is 2.80. The fraction of sp³-hybridized carbons (Fsp3) is 0.200. The standard InChI is InChI=1S/C15H16FN/c1-2-15(12-8-10-13(16)11-9-12)17-14-6-4-3-5-7-14/h3-11,15,17H,2H2,1H3/t15-/m0/s1. The van der Waals surface area contributed by atoms with Gasteiger partial charge in [-0.3, -0.25) is 0 Å². The molecule has 2 rings (SSSR count). The minimum Gasteiger partial charge on any atom is -0.378 e. The molecular formula is C15H16FN. The zero-order valence-electron chi connectivity index (χ0n) is 9.86. The van der Waals surface area contributed by atoms with Crippen LogP contribution in [0.4, 0.5) is 10.1 Å². The first-order chi connectivity index (χ1) is 8.29. The van der Waals surface area contributed by atoms with Crippen molar-refractivity contribution in [2.75, 3.05) is 5.32 Å². The normalized spacial score (nSPS) is 12.1. The third-order valence-corrected chi connectivity index (χ3v) is 2.80. The van der Waals surface area contributed by atoms with Crippen molar-refractivity contribution in [1.29, 1.82) is 0 Å². The van der Waals surface area contributed by atoms with Gasteiger partial charge < -0.3 is 5.32 Å². The van der Waals surface area contributed by atoms with Gasteiger partial charge in [0.2, 0.25) is 0 Å². The summed E-state index contributed by atoms with van der Waals surface area (Å²) in [4.78, 5) is 0. The van der Waals surface area contributed by atoms with Crippen molar-refractivity contribution in [2.45, 2.75) is 19.4 Å². The monoisotopic (exact) mass is 229 g/mol. The maximum Gasteiger partial charge on any atom is 0.123 e. The summed E-state index contributed by atoms with van der Waals surface area (Å²) in [5.74, 6) is -0.191. The highest BCUT2D eigenvalue weighted by Gasteiger charge is 2.08. The van der Waals surface area contributed by atoms with Crippen molar-refractivity contribution in [1.82, 2.24) is 0 Å². The highest BCUT2D eigenvalue weighted by Crippen LogP contribution is 2.22. The molecule has 0 aromatic heterocycles.